The van der Waals surface area contributed by atoms with Gasteiger partial charge in [-0.1, -0.05) is 19.1 Å². The predicted octanol–water partition coefficient (Wildman–Crippen LogP) is 2.91. The van der Waals surface area contributed by atoms with E-state index in [1.54, 1.807) is 13.3 Å². The lowest BCUT2D eigenvalue weighted by Gasteiger charge is -2.44. The van der Waals surface area contributed by atoms with Crippen molar-refractivity contribution in [1.82, 2.24) is 4.90 Å². The lowest BCUT2D eigenvalue weighted by molar-refractivity contribution is 0.0973. The van der Waals surface area contributed by atoms with Crippen LogP contribution in [0.4, 0.5) is 0 Å². The maximum atomic E-state index is 6.31. The van der Waals surface area contributed by atoms with E-state index in [1.165, 1.54) is 5.56 Å². The van der Waals surface area contributed by atoms with E-state index >= 15 is 0 Å². The molecule has 28 heavy (non-hydrogen) atoms. The van der Waals surface area contributed by atoms with Crippen molar-refractivity contribution in [2.24, 2.45) is 27.8 Å². The Labute approximate surface area is 168 Å². The van der Waals surface area contributed by atoms with Gasteiger partial charge in [-0.3, -0.25) is 9.89 Å². The van der Waals surface area contributed by atoms with Crippen molar-refractivity contribution in [1.29, 1.82) is 0 Å². The summed E-state index contributed by atoms with van der Waals surface area (Å²) in [7, 11) is 1.68. The Morgan fingerprint density at radius 3 is 2.61 bits per heavy atom. The summed E-state index contributed by atoms with van der Waals surface area (Å²) in [6, 6.07) is 6.21. The van der Waals surface area contributed by atoms with Crippen LogP contribution in [0.5, 0.6) is 11.5 Å². The van der Waals surface area contributed by atoms with Crippen LogP contribution in [0, 0.1) is 11.3 Å². The van der Waals surface area contributed by atoms with Crippen molar-refractivity contribution in [2.45, 2.75) is 52.4 Å². The summed E-state index contributed by atoms with van der Waals surface area (Å²) < 4.78 is 11.3. The summed E-state index contributed by atoms with van der Waals surface area (Å²) in [6.45, 7) is 9.23. The second kappa shape index (κ2) is 8.53. The average Bonchev–Trinajstić information content (AvgIpc) is 2.65. The van der Waals surface area contributed by atoms with Crippen molar-refractivity contribution >= 4 is 6.21 Å². The van der Waals surface area contributed by atoms with Gasteiger partial charge in [0.25, 0.3) is 0 Å². The number of likely N-dealkylation sites (tertiary alicyclic amines) is 1. The van der Waals surface area contributed by atoms with Gasteiger partial charge in [0.15, 0.2) is 11.5 Å². The molecule has 1 saturated heterocycles. The van der Waals surface area contributed by atoms with E-state index in [4.69, 9.17) is 20.9 Å². The second-order valence-electron chi connectivity index (χ2n) is 8.44. The Hall–Kier alpha value is -2.05. The number of ether oxygens (including phenoxy) is 2. The first kappa shape index (κ1) is 20.7. The maximum Gasteiger partial charge on any atom is 0.161 e. The van der Waals surface area contributed by atoms with Gasteiger partial charge in [0.1, 0.15) is 6.17 Å². The van der Waals surface area contributed by atoms with Gasteiger partial charge in [-0.25, -0.2) is 0 Å². The van der Waals surface area contributed by atoms with Gasteiger partial charge in [0.2, 0.25) is 0 Å². The molecule has 6 heteroatoms. The highest BCUT2D eigenvalue weighted by molar-refractivity contribution is 5.78. The van der Waals surface area contributed by atoms with Crippen LogP contribution in [0.2, 0.25) is 0 Å². The first-order chi connectivity index (χ1) is 13.3. The van der Waals surface area contributed by atoms with Gasteiger partial charge >= 0.3 is 0 Å². The van der Waals surface area contributed by atoms with E-state index in [0.29, 0.717) is 5.92 Å². The fourth-order valence-electron chi connectivity index (χ4n) is 4.30. The van der Waals surface area contributed by atoms with Crippen LogP contribution in [0.25, 0.3) is 0 Å². The molecule has 2 heterocycles. The quantitative estimate of drug-likeness (QED) is 0.785. The largest absolute Gasteiger partial charge is 0.493 e. The molecule has 4 N–H and O–H groups in total. The number of methoxy groups -OCH3 is 1. The van der Waals surface area contributed by atoms with Gasteiger partial charge in [0.05, 0.1) is 13.2 Å². The van der Waals surface area contributed by atoms with Crippen LogP contribution in [-0.2, 0) is 6.54 Å². The number of nitrogens with two attached hydrogens (primary N) is 2. The minimum Gasteiger partial charge on any atom is -0.493 e. The average molecular weight is 387 g/mol. The highest BCUT2D eigenvalue weighted by atomic mass is 16.5. The number of benzene rings is 1. The molecule has 2 aliphatic heterocycles. The SMILES string of the molecule is COc1ccc(CN2CCC(C3(C)C=C(N)C=NC3N)CC2)cc1OC(C)C. The van der Waals surface area contributed by atoms with Gasteiger partial charge in [-0.2, -0.15) is 0 Å². The Bertz CT molecular complexity index is 738. The van der Waals surface area contributed by atoms with E-state index in [-0.39, 0.29) is 17.7 Å². The molecule has 0 bridgehead atoms. The molecular weight excluding hydrogens is 352 g/mol. The lowest BCUT2D eigenvalue weighted by Crippen LogP contribution is -2.48. The number of hydrogen-bond donors (Lipinski definition) is 2. The zero-order valence-electron chi connectivity index (χ0n) is 17.5. The second-order valence-corrected chi connectivity index (χ2v) is 8.44. The van der Waals surface area contributed by atoms with Gasteiger partial charge in [-0.15, -0.1) is 0 Å². The smallest absolute Gasteiger partial charge is 0.161 e. The summed E-state index contributed by atoms with van der Waals surface area (Å²) in [4.78, 5) is 6.89. The van der Waals surface area contributed by atoms with Crippen LogP contribution in [0.1, 0.15) is 39.2 Å². The Morgan fingerprint density at radius 1 is 1.25 bits per heavy atom. The van der Waals surface area contributed by atoms with Gasteiger partial charge in [-0.05, 0) is 63.4 Å². The standard InChI is InChI=1S/C22H34N4O2/c1-15(2)28-20-11-16(5-6-19(20)27-4)14-26-9-7-17(8-10-26)22(3)12-18(23)13-25-21(22)24/h5-6,11-13,15,17,21H,7-10,14,23-24H2,1-4H3. The van der Waals surface area contributed by atoms with Crippen LogP contribution < -0.4 is 20.9 Å². The minimum atomic E-state index is -0.214. The topological polar surface area (TPSA) is 86.1 Å². The molecule has 2 atom stereocenters. The molecule has 2 unspecified atom stereocenters. The molecule has 0 amide bonds. The third kappa shape index (κ3) is 4.50. The van der Waals surface area contributed by atoms with Crippen LogP contribution in [0.3, 0.4) is 0 Å². The summed E-state index contributed by atoms with van der Waals surface area (Å²) in [5, 5.41) is 0. The number of nitrogens with zero attached hydrogens (tertiary/aromatic N) is 2. The van der Waals surface area contributed by atoms with Crippen LogP contribution in [-0.4, -0.2) is 43.6 Å². The molecular formula is C22H34N4O2. The zero-order valence-corrected chi connectivity index (χ0v) is 17.5. The van der Waals surface area contributed by atoms with E-state index in [1.807, 2.05) is 19.9 Å². The number of dihydropyridines is 1. The summed E-state index contributed by atoms with van der Waals surface area (Å²) in [6.07, 6.45) is 5.88. The molecule has 2 aliphatic rings. The molecule has 1 fully saturated rings. The fourth-order valence-corrected chi connectivity index (χ4v) is 4.30. The molecule has 154 valence electrons. The van der Waals surface area contributed by atoms with E-state index in [0.717, 1.165) is 49.7 Å². The van der Waals surface area contributed by atoms with Crippen LogP contribution >= 0.6 is 0 Å². The number of piperidine rings is 1. The third-order valence-electron chi connectivity index (χ3n) is 5.96. The minimum absolute atomic E-state index is 0.114. The zero-order chi connectivity index (χ0) is 20.3. The molecule has 0 spiro atoms. The molecule has 0 saturated carbocycles. The molecule has 1 aromatic carbocycles. The monoisotopic (exact) mass is 386 g/mol. The van der Waals surface area contributed by atoms with E-state index in [2.05, 4.69) is 35.0 Å². The molecule has 6 nitrogen and oxygen atoms in total. The summed E-state index contributed by atoms with van der Waals surface area (Å²) in [5.41, 5.74) is 14.1. The van der Waals surface area contributed by atoms with Gasteiger partial charge < -0.3 is 20.9 Å². The first-order valence-electron chi connectivity index (χ1n) is 10.1. The number of aliphatic imine (C=N–C) groups is 1. The first-order valence-corrected chi connectivity index (χ1v) is 10.1. The Morgan fingerprint density at radius 2 is 1.96 bits per heavy atom. The molecule has 0 aromatic heterocycles. The maximum absolute atomic E-state index is 6.31. The molecule has 1 aromatic rings. The summed E-state index contributed by atoms with van der Waals surface area (Å²) in [5.74, 6) is 2.08. The van der Waals surface area contributed by atoms with Crippen molar-refractivity contribution in [3.63, 3.8) is 0 Å². The highest BCUT2D eigenvalue weighted by Crippen LogP contribution is 2.41. The molecule has 3 rings (SSSR count). The van der Waals surface area contributed by atoms with Crippen molar-refractivity contribution in [3.8, 4) is 11.5 Å². The third-order valence-corrected chi connectivity index (χ3v) is 5.96. The van der Waals surface area contributed by atoms with Crippen molar-refractivity contribution in [2.75, 3.05) is 20.2 Å². The Balaban J connectivity index is 1.62. The highest BCUT2D eigenvalue weighted by Gasteiger charge is 2.40. The lowest BCUT2D eigenvalue weighted by atomic mass is 9.69. The van der Waals surface area contributed by atoms with Crippen LogP contribution in [0.15, 0.2) is 35.0 Å². The Kier molecular flexibility index (Phi) is 6.30. The number of hydrogen-bond acceptors (Lipinski definition) is 6. The molecule has 0 radical (unpaired) electrons. The summed E-state index contributed by atoms with van der Waals surface area (Å²) >= 11 is 0. The van der Waals surface area contributed by atoms with E-state index < -0.39 is 0 Å². The molecule has 0 aliphatic carbocycles. The van der Waals surface area contributed by atoms with Gasteiger partial charge in [0, 0.05) is 23.9 Å². The number of allylic oxidation sites excluding steroid dienone is 1. The van der Waals surface area contributed by atoms with E-state index in [9.17, 15) is 0 Å². The number of rotatable bonds is 6. The van der Waals surface area contributed by atoms with Crippen molar-refractivity contribution in [3.05, 3.63) is 35.5 Å². The normalized spacial score (nSPS) is 26.4. The van der Waals surface area contributed by atoms with Crippen molar-refractivity contribution < 1.29 is 9.47 Å². The predicted molar refractivity (Wildman–Crippen MR) is 114 cm³/mol. The fraction of sp³-hybridized carbons (Fsp3) is 0.591.